The van der Waals surface area contributed by atoms with Gasteiger partial charge in [0.2, 0.25) is 0 Å². The third kappa shape index (κ3) is 3.12. The summed E-state index contributed by atoms with van der Waals surface area (Å²) in [4.78, 5) is 0. The molecule has 1 aromatic rings. The van der Waals surface area contributed by atoms with Crippen molar-refractivity contribution in [3.8, 4) is 11.5 Å². The lowest BCUT2D eigenvalue weighted by molar-refractivity contribution is -0.141. The van der Waals surface area contributed by atoms with E-state index in [1.165, 1.54) is 0 Å². The molecule has 0 saturated carbocycles. The Kier molecular flexibility index (Phi) is 5.08. The van der Waals surface area contributed by atoms with Crippen molar-refractivity contribution >= 4 is 0 Å². The Labute approximate surface area is 95.8 Å². The van der Waals surface area contributed by atoms with Crippen LogP contribution in [0.3, 0.4) is 0 Å². The van der Waals surface area contributed by atoms with Gasteiger partial charge >= 0.3 is 0 Å². The number of phenolic OH excluding ortho intramolecular Hbond substituents is 1. The highest BCUT2D eigenvalue weighted by molar-refractivity contribution is 5.40. The van der Waals surface area contributed by atoms with E-state index < -0.39 is 6.29 Å². The fourth-order valence-corrected chi connectivity index (χ4v) is 1.38. The Morgan fingerprint density at radius 2 is 1.81 bits per heavy atom. The third-order valence-electron chi connectivity index (χ3n) is 2.13. The number of hydrogen-bond donors (Lipinski definition) is 1. The number of methoxy groups -OCH3 is 1. The third-order valence-corrected chi connectivity index (χ3v) is 2.13. The largest absolute Gasteiger partial charge is 0.507 e. The van der Waals surface area contributed by atoms with Crippen LogP contribution < -0.4 is 4.74 Å². The number of benzene rings is 1. The van der Waals surface area contributed by atoms with Gasteiger partial charge in [-0.05, 0) is 26.0 Å². The van der Waals surface area contributed by atoms with Gasteiger partial charge in [-0.2, -0.15) is 0 Å². The minimum absolute atomic E-state index is 0.117. The van der Waals surface area contributed by atoms with Crippen molar-refractivity contribution in [1.29, 1.82) is 0 Å². The molecule has 0 radical (unpaired) electrons. The monoisotopic (exact) mass is 226 g/mol. The van der Waals surface area contributed by atoms with Crippen LogP contribution in [0.1, 0.15) is 25.7 Å². The lowest BCUT2D eigenvalue weighted by atomic mass is 10.2. The van der Waals surface area contributed by atoms with Crippen molar-refractivity contribution in [3.05, 3.63) is 23.8 Å². The molecule has 0 aromatic heterocycles. The van der Waals surface area contributed by atoms with Crippen LogP contribution in [0.4, 0.5) is 0 Å². The summed E-state index contributed by atoms with van der Waals surface area (Å²) in [6, 6.07) is 5.05. The van der Waals surface area contributed by atoms with E-state index >= 15 is 0 Å². The highest BCUT2D eigenvalue weighted by atomic mass is 16.7. The number of aromatic hydroxyl groups is 1. The number of ether oxygens (including phenoxy) is 3. The zero-order valence-corrected chi connectivity index (χ0v) is 9.90. The summed E-state index contributed by atoms with van der Waals surface area (Å²) in [7, 11) is 1.55. The van der Waals surface area contributed by atoms with E-state index in [9.17, 15) is 5.11 Å². The molecule has 0 amide bonds. The average Bonchev–Trinajstić information content (AvgIpc) is 2.29. The number of hydrogen-bond acceptors (Lipinski definition) is 4. The van der Waals surface area contributed by atoms with Gasteiger partial charge in [0, 0.05) is 24.8 Å². The SMILES string of the molecule is CCOC(OCC)c1ccc(OC)cc1O. The lowest BCUT2D eigenvalue weighted by Gasteiger charge is -2.18. The fraction of sp³-hybridized carbons (Fsp3) is 0.500. The van der Waals surface area contributed by atoms with Crippen LogP contribution in [-0.4, -0.2) is 25.4 Å². The molecule has 0 aliphatic heterocycles. The van der Waals surface area contributed by atoms with Gasteiger partial charge in [0.25, 0.3) is 0 Å². The summed E-state index contributed by atoms with van der Waals surface area (Å²) >= 11 is 0. The van der Waals surface area contributed by atoms with Gasteiger partial charge < -0.3 is 19.3 Å². The summed E-state index contributed by atoms with van der Waals surface area (Å²) < 4.78 is 15.8. The summed E-state index contributed by atoms with van der Waals surface area (Å²) in [5.74, 6) is 0.722. The zero-order chi connectivity index (χ0) is 12.0. The summed E-state index contributed by atoms with van der Waals surface area (Å²) in [5.41, 5.74) is 0.615. The number of phenols is 1. The van der Waals surface area contributed by atoms with E-state index in [0.717, 1.165) is 0 Å². The second kappa shape index (κ2) is 6.35. The Hall–Kier alpha value is -1.26. The molecule has 0 unspecified atom stereocenters. The second-order valence-electron chi connectivity index (χ2n) is 3.17. The van der Waals surface area contributed by atoms with Crippen LogP contribution in [0.5, 0.6) is 11.5 Å². The second-order valence-corrected chi connectivity index (χ2v) is 3.17. The van der Waals surface area contributed by atoms with E-state index in [2.05, 4.69) is 0 Å². The zero-order valence-electron chi connectivity index (χ0n) is 9.90. The first-order valence-corrected chi connectivity index (χ1v) is 5.33. The predicted octanol–water partition coefficient (Wildman–Crippen LogP) is 2.47. The summed E-state index contributed by atoms with van der Waals surface area (Å²) in [6.45, 7) is 4.81. The minimum atomic E-state index is -0.527. The molecule has 4 nitrogen and oxygen atoms in total. The molecule has 0 fully saturated rings. The number of rotatable bonds is 6. The standard InChI is InChI=1S/C12H18O4/c1-4-15-12(16-5-2)10-7-6-9(14-3)8-11(10)13/h6-8,12-13H,4-5H2,1-3H3. The molecule has 16 heavy (non-hydrogen) atoms. The van der Waals surface area contributed by atoms with Gasteiger partial charge in [0.15, 0.2) is 6.29 Å². The topological polar surface area (TPSA) is 47.9 Å². The van der Waals surface area contributed by atoms with Crippen LogP contribution in [-0.2, 0) is 9.47 Å². The van der Waals surface area contributed by atoms with Crippen molar-refractivity contribution in [2.24, 2.45) is 0 Å². The molecule has 0 bridgehead atoms. The van der Waals surface area contributed by atoms with Gasteiger partial charge in [0.1, 0.15) is 11.5 Å². The van der Waals surface area contributed by atoms with Crippen molar-refractivity contribution in [2.45, 2.75) is 20.1 Å². The molecular formula is C12H18O4. The Balaban J connectivity index is 2.90. The fourth-order valence-electron chi connectivity index (χ4n) is 1.38. The molecule has 1 aromatic carbocycles. The smallest absolute Gasteiger partial charge is 0.187 e. The maximum Gasteiger partial charge on any atom is 0.187 e. The van der Waals surface area contributed by atoms with Crippen LogP contribution in [0.2, 0.25) is 0 Å². The van der Waals surface area contributed by atoms with Gasteiger partial charge in [-0.3, -0.25) is 0 Å². The van der Waals surface area contributed by atoms with E-state index in [4.69, 9.17) is 14.2 Å². The van der Waals surface area contributed by atoms with Crippen LogP contribution in [0, 0.1) is 0 Å². The molecule has 0 aliphatic carbocycles. The molecule has 0 heterocycles. The highest BCUT2D eigenvalue weighted by Crippen LogP contribution is 2.31. The molecule has 0 atom stereocenters. The Morgan fingerprint density at radius 1 is 1.19 bits per heavy atom. The Morgan fingerprint density at radius 3 is 2.25 bits per heavy atom. The van der Waals surface area contributed by atoms with Crippen LogP contribution in [0.15, 0.2) is 18.2 Å². The van der Waals surface area contributed by atoms with E-state index in [0.29, 0.717) is 24.5 Å². The van der Waals surface area contributed by atoms with E-state index in [1.54, 1.807) is 25.3 Å². The van der Waals surface area contributed by atoms with Gasteiger partial charge in [0.05, 0.1) is 7.11 Å². The van der Waals surface area contributed by atoms with Crippen molar-refractivity contribution in [2.75, 3.05) is 20.3 Å². The molecule has 4 heteroatoms. The minimum Gasteiger partial charge on any atom is -0.507 e. The molecule has 90 valence electrons. The van der Waals surface area contributed by atoms with E-state index in [-0.39, 0.29) is 5.75 Å². The molecular weight excluding hydrogens is 208 g/mol. The molecule has 1 rings (SSSR count). The summed E-state index contributed by atoms with van der Waals surface area (Å²) in [6.07, 6.45) is -0.527. The quantitative estimate of drug-likeness (QED) is 0.757. The van der Waals surface area contributed by atoms with E-state index in [1.807, 2.05) is 13.8 Å². The first-order chi connectivity index (χ1) is 7.72. The average molecular weight is 226 g/mol. The highest BCUT2D eigenvalue weighted by Gasteiger charge is 2.16. The van der Waals surface area contributed by atoms with Crippen molar-refractivity contribution < 1.29 is 19.3 Å². The first-order valence-electron chi connectivity index (χ1n) is 5.33. The Bertz CT molecular complexity index is 319. The lowest BCUT2D eigenvalue weighted by Crippen LogP contribution is -2.09. The molecule has 0 spiro atoms. The molecule has 0 aliphatic rings. The van der Waals surface area contributed by atoms with Crippen molar-refractivity contribution in [3.63, 3.8) is 0 Å². The van der Waals surface area contributed by atoms with Crippen LogP contribution >= 0.6 is 0 Å². The predicted molar refractivity (Wildman–Crippen MR) is 60.7 cm³/mol. The molecule has 0 saturated heterocycles. The molecule has 1 N–H and O–H groups in total. The van der Waals surface area contributed by atoms with Crippen LogP contribution in [0.25, 0.3) is 0 Å². The maximum atomic E-state index is 9.81. The first kappa shape index (κ1) is 12.8. The summed E-state index contributed by atoms with van der Waals surface area (Å²) in [5, 5.41) is 9.81. The van der Waals surface area contributed by atoms with Gasteiger partial charge in [-0.25, -0.2) is 0 Å². The van der Waals surface area contributed by atoms with Crippen molar-refractivity contribution in [1.82, 2.24) is 0 Å². The maximum absolute atomic E-state index is 9.81. The van der Waals surface area contributed by atoms with Gasteiger partial charge in [-0.15, -0.1) is 0 Å². The normalized spacial score (nSPS) is 10.8. The van der Waals surface area contributed by atoms with Gasteiger partial charge in [-0.1, -0.05) is 0 Å².